The summed E-state index contributed by atoms with van der Waals surface area (Å²) in [5, 5.41) is 6.00. The Morgan fingerprint density at radius 1 is 1.50 bits per heavy atom. The summed E-state index contributed by atoms with van der Waals surface area (Å²) in [5.74, 6) is 0.535. The molecule has 18 heavy (non-hydrogen) atoms. The molecule has 2 N–H and O–H groups in total. The Morgan fingerprint density at radius 2 is 2.22 bits per heavy atom. The number of carbonyl (C=O) groups excluding carboxylic acids is 1. The van der Waals surface area contributed by atoms with Crippen LogP contribution in [0.5, 0.6) is 0 Å². The lowest BCUT2D eigenvalue weighted by Crippen LogP contribution is -2.24. The van der Waals surface area contributed by atoms with Crippen LogP contribution in [0.25, 0.3) is 0 Å². The Kier molecular flexibility index (Phi) is 6.75. The molecule has 0 bridgehead atoms. The SMILES string of the molecule is CCNC(=O)CSc1ccc(C(C)NC)c(Br)c1. The molecule has 100 valence electrons. The summed E-state index contributed by atoms with van der Waals surface area (Å²) in [6.07, 6.45) is 0. The van der Waals surface area contributed by atoms with Crippen molar-refractivity contribution in [3.63, 3.8) is 0 Å². The van der Waals surface area contributed by atoms with Crippen LogP contribution < -0.4 is 10.6 Å². The lowest BCUT2D eigenvalue weighted by Gasteiger charge is -2.13. The van der Waals surface area contributed by atoms with E-state index in [0.29, 0.717) is 18.3 Å². The van der Waals surface area contributed by atoms with Gasteiger partial charge in [0.15, 0.2) is 0 Å². The summed E-state index contributed by atoms with van der Waals surface area (Å²) < 4.78 is 1.07. The van der Waals surface area contributed by atoms with Crippen molar-refractivity contribution in [1.29, 1.82) is 0 Å². The van der Waals surface area contributed by atoms with Crippen molar-refractivity contribution < 1.29 is 4.79 Å². The Balaban J connectivity index is 2.64. The fraction of sp³-hybridized carbons (Fsp3) is 0.462. The van der Waals surface area contributed by atoms with E-state index >= 15 is 0 Å². The molecule has 0 radical (unpaired) electrons. The number of amides is 1. The third-order valence-electron chi connectivity index (χ3n) is 2.62. The third kappa shape index (κ3) is 4.63. The van der Waals surface area contributed by atoms with Crippen molar-refractivity contribution in [3.05, 3.63) is 28.2 Å². The molecule has 0 spiro atoms. The number of rotatable bonds is 6. The molecule has 1 aromatic rings. The summed E-state index contributed by atoms with van der Waals surface area (Å²) in [6.45, 7) is 4.72. The molecular formula is C13H19BrN2OS. The van der Waals surface area contributed by atoms with Gasteiger partial charge in [-0.25, -0.2) is 0 Å². The second kappa shape index (κ2) is 7.81. The largest absolute Gasteiger partial charge is 0.356 e. The van der Waals surface area contributed by atoms with E-state index in [4.69, 9.17) is 0 Å². The normalized spacial score (nSPS) is 12.2. The zero-order chi connectivity index (χ0) is 13.5. The quantitative estimate of drug-likeness (QED) is 0.788. The van der Waals surface area contributed by atoms with Crippen LogP contribution in [0.3, 0.4) is 0 Å². The van der Waals surface area contributed by atoms with E-state index in [9.17, 15) is 4.79 Å². The highest BCUT2D eigenvalue weighted by atomic mass is 79.9. The van der Waals surface area contributed by atoms with Crippen LogP contribution in [0.4, 0.5) is 0 Å². The summed E-state index contributed by atoms with van der Waals surface area (Å²) in [6, 6.07) is 6.51. The van der Waals surface area contributed by atoms with Crippen molar-refractivity contribution in [1.82, 2.24) is 10.6 Å². The summed E-state index contributed by atoms with van der Waals surface area (Å²) in [4.78, 5) is 12.5. The Labute approximate surface area is 121 Å². The molecule has 0 saturated heterocycles. The van der Waals surface area contributed by atoms with E-state index in [0.717, 1.165) is 9.37 Å². The number of nitrogens with one attached hydrogen (secondary N) is 2. The van der Waals surface area contributed by atoms with Crippen LogP contribution >= 0.6 is 27.7 Å². The average molecular weight is 331 g/mol. The van der Waals surface area contributed by atoms with Crippen LogP contribution in [0.15, 0.2) is 27.6 Å². The number of benzene rings is 1. The highest BCUT2D eigenvalue weighted by molar-refractivity contribution is 9.10. The van der Waals surface area contributed by atoms with E-state index in [1.807, 2.05) is 14.0 Å². The molecule has 1 unspecified atom stereocenters. The monoisotopic (exact) mass is 330 g/mol. The van der Waals surface area contributed by atoms with Crippen LogP contribution in [0.1, 0.15) is 25.5 Å². The van der Waals surface area contributed by atoms with Gasteiger partial charge < -0.3 is 10.6 Å². The molecule has 1 atom stereocenters. The molecule has 5 heteroatoms. The first-order valence-electron chi connectivity index (χ1n) is 5.94. The predicted molar refractivity (Wildman–Crippen MR) is 81.0 cm³/mol. The maximum Gasteiger partial charge on any atom is 0.230 e. The van der Waals surface area contributed by atoms with Crippen molar-refractivity contribution in [3.8, 4) is 0 Å². The van der Waals surface area contributed by atoms with Crippen LogP contribution in [0.2, 0.25) is 0 Å². The summed E-state index contributed by atoms with van der Waals surface area (Å²) >= 11 is 5.12. The maximum absolute atomic E-state index is 11.4. The van der Waals surface area contributed by atoms with Gasteiger partial charge in [0.05, 0.1) is 5.75 Å². The first kappa shape index (κ1) is 15.5. The summed E-state index contributed by atoms with van der Waals surface area (Å²) in [5.41, 5.74) is 1.22. The first-order chi connectivity index (χ1) is 8.58. The van der Waals surface area contributed by atoms with Gasteiger partial charge in [0.2, 0.25) is 5.91 Å². The van der Waals surface area contributed by atoms with Crippen molar-refractivity contribution in [2.45, 2.75) is 24.8 Å². The minimum absolute atomic E-state index is 0.0753. The van der Waals surface area contributed by atoms with Crippen molar-refractivity contribution in [2.24, 2.45) is 0 Å². The van der Waals surface area contributed by atoms with Gasteiger partial charge in [-0.1, -0.05) is 22.0 Å². The molecule has 1 aromatic carbocycles. The molecule has 0 fully saturated rings. The van der Waals surface area contributed by atoms with E-state index in [1.165, 1.54) is 5.56 Å². The second-order valence-corrected chi connectivity index (χ2v) is 5.84. The third-order valence-corrected chi connectivity index (χ3v) is 4.30. The average Bonchev–Trinajstić information content (AvgIpc) is 2.36. The van der Waals surface area contributed by atoms with Crippen molar-refractivity contribution in [2.75, 3.05) is 19.3 Å². The van der Waals surface area contributed by atoms with Gasteiger partial charge in [0, 0.05) is 22.0 Å². The molecule has 0 aliphatic carbocycles. The van der Waals surface area contributed by atoms with Gasteiger partial charge in [-0.3, -0.25) is 4.79 Å². The van der Waals surface area contributed by atoms with Gasteiger partial charge >= 0.3 is 0 Å². The lowest BCUT2D eigenvalue weighted by atomic mass is 10.1. The number of hydrogen-bond donors (Lipinski definition) is 2. The zero-order valence-corrected chi connectivity index (χ0v) is 13.3. The van der Waals surface area contributed by atoms with Gasteiger partial charge in [0.25, 0.3) is 0 Å². The minimum atomic E-state index is 0.0753. The smallest absolute Gasteiger partial charge is 0.230 e. The number of carbonyl (C=O) groups is 1. The highest BCUT2D eigenvalue weighted by Crippen LogP contribution is 2.28. The molecule has 0 heterocycles. The molecule has 1 rings (SSSR count). The molecule has 0 aromatic heterocycles. The fourth-order valence-corrected chi connectivity index (χ4v) is 3.14. The number of hydrogen-bond acceptors (Lipinski definition) is 3. The van der Waals surface area contributed by atoms with E-state index < -0.39 is 0 Å². The predicted octanol–water partition coefficient (Wildman–Crippen LogP) is 2.96. The van der Waals surface area contributed by atoms with Crippen LogP contribution in [0, 0.1) is 0 Å². The number of halogens is 1. The molecule has 1 amide bonds. The highest BCUT2D eigenvalue weighted by Gasteiger charge is 2.08. The molecule has 0 aliphatic rings. The van der Waals surface area contributed by atoms with Crippen LogP contribution in [-0.4, -0.2) is 25.3 Å². The Morgan fingerprint density at radius 3 is 2.78 bits per heavy atom. The van der Waals surface area contributed by atoms with Gasteiger partial charge in [0.1, 0.15) is 0 Å². The first-order valence-corrected chi connectivity index (χ1v) is 7.72. The fourth-order valence-electron chi connectivity index (χ4n) is 1.50. The number of thioether (sulfide) groups is 1. The van der Waals surface area contributed by atoms with E-state index in [1.54, 1.807) is 11.8 Å². The van der Waals surface area contributed by atoms with Gasteiger partial charge in [-0.15, -0.1) is 11.8 Å². The van der Waals surface area contributed by atoms with Gasteiger partial charge in [-0.2, -0.15) is 0 Å². The standard InChI is InChI=1S/C13H19BrN2OS/c1-4-16-13(17)8-18-10-5-6-11(9(2)15-3)12(14)7-10/h5-7,9,15H,4,8H2,1-3H3,(H,16,17). The van der Waals surface area contributed by atoms with Gasteiger partial charge in [-0.05, 0) is 38.6 Å². The van der Waals surface area contributed by atoms with Crippen molar-refractivity contribution >= 4 is 33.6 Å². The lowest BCUT2D eigenvalue weighted by molar-refractivity contribution is -0.118. The summed E-state index contributed by atoms with van der Waals surface area (Å²) in [7, 11) is 1.94. The molecule has 0 aliphatic heterocycles. The molecular weight excluding hydrogens is 312 g/mol. The Bertz CT molecular complexity index is 412. The minimum Gasteiger partial charge on any atom is -0.356 e. The van der Waals surface area contributed by atoms with E-state index in [2.05, 4.69) is 51.7 Å². The topological polar surface area (TPSA) is 41.1 Å². The molecule has 0 saturated carbocycles. The second-order valence-electron chi connectivity index (χ2n) is 3.94. The molecule has 3 nitrogen and oxygen atoms in total. The zero-order valence-electron chi connectivity index (χ0n) is 10.9. The van der Waals surface area contributed by atoms with Crippen LogP contribution in [-0.2, 0) is 4.79 Å². The Hall–Kier alpha value is -0.520. The van der Waals surface area contributed by atoms with E-state index in [-0.39, 0.29) is 5.91 Å². The maximum atomic E-state index is 11.4.